The zero-order valence-corrected chi connectivity index (χ0v) is 28.4. The van der Waals surface area contributed by atoms with Gasteiger partial charge in [-0.1, -0.05) is 80.9 Å². The number of amides is 2. The lowest BCUT2D eigenvalue weighted by molar-refractivity contribution is -0.138. The fourth-order valence-corrected chi connectivity index (χ4v) is 5.63. The van der Waals surface area contributed by atoms with E-state index in [-0.39, 0.29) is 49.1 Å². The van der Waals surface area contributed by atoms with E-state index < -0.39 is 42.0 Å². The van der Waals surface area contributed by atoms with E-state index in [0.29, 0.717) is 51.5 Å². The molecule has 0 heterocycles. The van der Waals surface area contributed by atoms with Crippen molar-refractivity contribution in [1.29, 1.82) is 0 Å². The Morgan fingerprint density at radius 3 is 1.81 bits per heavy atom. The molecule has 11 heteroatoms. The van der Waals surface area contributed by atoms with E-state index >= 15 is 0 Å². The number of hydrogen-bond acceptors (Lipinski definition) is 8. The molecule has 11 nitrogen and oxygen atoms in total. The molecule has 0 spiro atoms. The molecule has 264 valence electrons. The maximum Gasteiger partial charge on any atom is 0.320 e. The van der Waals surface area contributed by atoms with Crippen LogP contribution in [0.4, 0.5) is 0 Å². The lowest BCUT2D eigenvalue weighted by Gasteiger charge is -2.25. The summed E-state index contributed by atoms with van der Waals surface area (Å²) < 4.78 is 0. The number of aliphatic carboxylic acids is 1. The standard InChI is InChI=1S/C37H55N5O6/c1-25(2)21-28(35(45)41-31(18-11-12-20-38)33(43)19-10-9-17-29(39)37(47)48)24-34(44)32(23-27-15-7-4-8-16-27)42-36(46)30(40)22-26-13-5-3-6-14-26/h3-8,13-16,25,28-32H,9-12,17-24,38-40H2,1-2H3,(H,41,45)(H,42,46)(H,47,48)/t28-,29-,30+,31+,32+/m0/s1. The number of hydrogen-bond donors (Lipinski definition) is 6. The van der Waals surface area contributed by atoms with Crippen molar-refractivity contribution in [2.24, 2.45) is 29.0 Å². The number of benzene rings is 2. The molecule has 2 aromatic rings. The summed E-state index contributed by atoms with van der Waals surface area (Å²) in [6, 6.07) is 15.2. The minimum Gasteiger partial charge on any atom is -0.480 e. The summed E-state index contributed by atoms with van der Waals surface area (Å²) in [5.74, 6) is -3.00. The van der Waals surface area contributed by atoms with Gasteiger partial charge in [0.1, 0.15) is 6.04 Å². The van der Waals surface area contributed by atoms with Gasteiger partial charge >= 0.3 is 5.97 Å². The molecule has 0 radical (unpaired) electrons. The van der Waals surface area contributed by atoms with Crippen molar-refractivity contribution in [1.82, 2.24) is 10.6 Å². The van der Waals surface area contributed by atoms with E-state index in [1.165, 1.54) is 0 Å². The van der Waals surface area contributed by atoms with Gasteiger partial charge in [0.05, 0.1) is 18.1 Å². The number of nitrogens with two attached hydrogens (primary N) is 3. The summed E-state index contributed by atoms with van der Waals surface area (Å²) in [5, 5.41) is 14.8. The third-order valence-corrected chi connectivity index (χ3v) is 8.35. The average molecular weight is 666 g/mol. The Morgan fingerprint density at radius 1 is 0.688 bits per heavy atom. The van der Waals surface area contributed by atoms with Crippen molar-refractivity contribution in [3.63, 3.8) is 0 Å². The number of carbonyl (C=O) groups excluding carboxylic acids is 4. The molecule has 0 saturated carbocycles. The number of Topliss-reactive ketones (excluding diaryl/α,β-unsaturated/α-hetero) is 2. The normalized spacial score (nSPS) is 14.4. The van der Waals surface area contributed by atoms with Gasteiger partial charge in [-0.25, -0.2) is 0 Å². The van der Waals surface area contributed by atoms with Crippen molar-refractivity contribution in [3.05, 3.63) is 71.8 Å². The third-order valence-electron chi connectivity index (χ3n) is 8.35. The Labute approximate surface area is 284 Å². The summed E-state index contributed by atoms with van der Waals surface area (Å²) >= 11 is 0. The number of carboxylic acids is 1. The SMILES string of the molecule is CC(C)C[C@@H](CC(=O)[C@@H](Cc1ccccc1)NC(=O)[C@H](N)Cc1ccccc1)C(=O)N[C@H](CCCCN)C(=O)CCCC[C@H](N)C(=O)O. The van der Waals surface area contributed by atoms with E-state index in [0.717, 1.165) is 11.1 Å². The molecule has 2 aromatic carbocycles. The smallest absolute Gasteiger partial charge is 0.320 e. The van der Waals surface area contributed by atoms with Crippen LogP contribution in [0.15, 0.2) is 60.7 Å². The molecule has 48 heavy (non-hydrogen) atoms. The van der Waals surface area contributed by atoms with E-state index in [4.69, 9.17) is 22.3 Å². The first kappa shape index (κ1) is 40.2. The first-order chi connectivity index (χ1) is 22.9. The van der Waals surface area contributed by atoms with Crippen molar-refractivity contribution in [2.45, 2.75) is 109 Å². The maximum atomic E-state index is 13.9. The van der Waals surface area contributed by atoms with Crippen LogP contribution in [-0.4, -0.2) is 65.2 Å². The largest absolute Gasteiger partial charge is 0.480 e. The minimum atomic E-state index is -1.08. The van der Waals surface area contributed by atoms with Crippen molar-refractivity contribution >= 4 is 29.4 Å². The molecule has 0 aliphatic rings. The van der Waals surface area contributed by atoms with Crippen LogP contribution in [0.5, 0.6) is 0 Å². The van der Waals surface area contributed by atoms with Gasteiger partial charge in [0, 0.05) is 18.8 Å². The molecule has 0 aromatic heterocycles. The van der Waals surface area contributed by atoms with Crippen molar-refractivity contribution < 1.29 is 29.1 Å². The number of carboxylic acid groups (broad SMARTS) is 1. The monoisotopic (exact) mass is 665 g/mol. The fourth-order valence-electron chi connectivity index (χ4n) is 5.63. The van der Waals surface area contributed by atoms with Gasteiger partial charge < -0.3 is 32.9 Å². The Kier molecular flexibility index (Phi) is 18.3. The van der Waals surface area contributed by atoms with E-state index in [1.807, 2.05) is 74.5 Å². The summed E-state index contributed by atoms with van der Waals surface area (Å²) in [4.78, 5) is 65.1. The zero-order chi connectivity index (χ0) is 35.5. The number of unbranched alkanes of at least 4 members (excludes halogenated alkanes) is 2. The van der Waals surface area contributed by atoms with E-state index in [9.17, 15) is 24.0 Å². The summed E-state index contributed by atoms with van der Waals surface area (Å²) in [6.45, 7) is 4.38. The van der Waals surface area contributed by atoms with Crippen LogP contribution in [0.1, 0.15) is 82.8 Å². The van der Waals surface area contributed by atoms with Gasteiger partial charge in [0.15, 0.2) is 11.6 Å². The van der Waals surface area contributed by atoms with Crippen LogP contribution in [0.3, 0.4) is 0 Å². The van der Waals surface area contributed by atoms with Gasteiger partial charge in [0.25, 0.3) is 0 Å². The number of carbonyl (C=O) groups is 5. The predicted octanol–water partition coefficient (Wildman–Crippen LogP) is 3.06. The summed E-state index contributed by atoms with van der Waals surface area (Å²) in [7, 11) is 0. The topological polar surface area (TPSA) is 208 Å². The van der Waals surface area contributed by atoms with Crippen LogP contribution in [-0.2, 0) is 36.8 Å². The first-order valence-electron chi connectivity index (χ1n) is 17.1. The Bertz CT molecular complexity index is 1290. The van der Waals surface area contributed by atoms with Crippen LogP contribution in [0.25, 0.3) is 0 Å². The number of rotatable bonds is 24. The molecule has 9 N–H and O–H groups in total. The highest BCUT2D eigenvalue weighted by atomic mass is 16.4. The lowest BCUT2D eigenvalue weighted by atomic mass is 9.87. The molecule has 0 saturated heterocycles. The molecule has 5 atom stereocenters. The Balaban J connectivity index is 2.18. The Hall–Kier alpha value is -3.93. The zero-order valence-electron chi connectivity index (χ0n) is 28.4. The second-order valence-corrected chi connectivity index (χ2v) is 13.0. The highest BCUT2D eigenvalue weighted by Gasteiger charge is 2.31. The molecule has 0 unspecified atom stereocenters. The summed E-state index contributed by atoms with van der Waals surface area (Å²) in [6.07, 6.45) is 3.92. The molecular formula is C37H55N5O6. The molecule has 2 amide bonds. The highest BCUT2D eigenvalue weighted by Crippen LogP contribution is 2.20. The minimum absolute atomic E-state index is 0.0832. The number of ketones is 2. The highest BCUT2D eigenvalue weighted by molar-refractivity contribution is 5.95. The number of nitrogens with one attached hydrogen (secondary N) is 2. The van der Waals surface area contributed by atoms with E-state index in [1.54, 1.807) is 0 Å². The molecule has 0 aliphatic carbocycles. The van der Waals surface area contributed by atoms with Crippen LogP contribution in [0.2, 0.25) is 0 Å². The molecule has 2 rings (SSSR count). The van der Waals surface area contributed by atoms with Gasteiger partial charge in [-0.2, -0.15) is 0 Å². The van der Waals surface area contributed by atoms with Crippen molar-refractivity contribution in [2.75, 3.05) is 6.54 Å². The van der Waals surface area contributed by atoms with Gasteiger partial charge in [-0.05, 0) is 75.0 Å². The first-order valence-corrected chi connectivity index (χ1v) is 17.1. The average Bonchev–Trinajstić information content (AvgIpc) is 3.05. The van der Waals surface area contributed by atoms with Crippen LogP contribution < -0.4 is 27.8 Å². The summed E-state index contributed by atoms with van der Waals surface area (Å²) in [5.41, 5.74) is 19.3. The molecular weight excluding hydrogens is 610 g/mol. The van der Waals surface area contributed by atoms with Gasteiger partial charge in [-0.3, -0.25) is 24.0 Å². The second kappa shape index (κ2) is 21.8. The van der Waals surface area contributed by atoms with Gasteiger partial charge in [-0.15, -0.1) is 0 Å². The Morgan fingerprint density at radius 2 is 1.25 bits per heavy atom. The third kappa shape index (κ3) is 15.3. The fraction of sp³-hybridized carbons (Fsp3) is 0.541. The lowest BCUT2D eigenvalue weighted by Crippen LogP contribution is -2.51. The molecule has 0 fully saturated rings. The van der Waals surface area contributed by atoms with Crippen LogP contribution in [0, 0.1) is 11.8 Å². The van der Waals surface area contributed by atoms with Gasteiger partial charge in [0.2, 0.25) is 11.8 Å². The molecule has 0 bridgehead atoms. The molecule has 0 aliphatic heterocycles. The van der Waals surface area contributed by atoms with Crippen molar-refractivity contribution in [3.8, 4) is 0 Å². The van der Waals surface area contributed by atoms with E-state index in [2.05, 4.69) is 10.6 Å². The van der Waals surface area contributed by atoms with Crippen LogP contribution >= 0.6 is 0 Å². The predicted molar refractivity (Wildman–Crippen MR) is 187 cm³/mol. The maximum absolute atomic E-state index is 13.9. The second-order valence-electron chi connectivity index (χ2n) is 13.0. The quantitative estimate of drug-likeness (QED) is 0.0910.